The Morgan fingerprint density at radius 2 is 1.80 bits per heavy atom. The van der Waals surface area contributed by atoms with Gasteiger partial charge in [-0.25, -0.2) is 4.98 Å². The second-order valence-electron chi connectivity index (χ2n) is 18.0. The topological polar surface area (TPSA) is 176 Å². The summed E-state index contributed by atoms with van der Waals surface area (Å²) in [5.41, 5.74) is 4.61. The normalized spacial score (nSPS) is 22.4. The fourth-order valence-corrected chi connectivity index (χ4v) is 10.1. The van der Waals surface area contributed by atoms with E-state index in [0.29, 0.717) is 69.0 Å². The standard InChI is InChI=1S/C47H61F2N11O6/c1-5-7-8-18-59-29-47(48,49)45(65)55(3)38-25-50-46(54-42(38)59)52-34-15-14-30(24-39(34)66-4)43(63)51-31-11-10-19-58(26-31)41(62)28-56-20-22-57(23-21-56)36-13-9-12-32-33(36)27-60(35(32)6-2)37-16-17-40(61)53-44(37)64/h9,12-15,24-25,31,35,37H,5-8,10-11,16-23,26-29H2,1-4H3,(H,51,63)(H,50,52,54)(H,53,61,64). The van der Waals surface area contributed by atoms with Crippen molar-refractivity contribution in [2.24, 2.45) is 0 Å². The van der Waals surface area contributed by atoms with Gasteiger partial charge in [0.1, 0.15) is 11.4 Å². The Bertz CT molecular complexity index is 2330. The Labute approximate surface area is 384 Å². The van der Waals surface area contributed by atoms with Crippen LogP contribution in [0, 0.1) is 0 Å². The molecule has 0 aliphatic carbocycles. The second-order valence-corrected chi connectivity index (χ2v) is 18.0. The first kappa shape index (κ1) is 46.6. The highest BCUT2D eigenvalue weighted by Gasteiger charge is 2.47. The van der Waals surface area contributed by atoms with E-state index in [4.69, 9.17) is 4.74 Å². The molecule has 5 amide bonds. The number of alkyl halides is 2. The highest BCUT2D eigenvalue weighted by atomic mass is 19.3. The maximum atomic E-state index is 15.0. The zero-order chi connectivity index (χ0) is 46.7. The van der Waals surface area contributed by atoms with E-state index in [-0.39, 0.29) is 59.2 Å². The van der Waals surface area contributed by atoms with Crippen LogP contribution < -0.4 is 35.4 Å². The Balaban J connectivity index is 0.849. The number of piperazine rings is 1. The molecule has 3 N–H and O–H groups in total. The molecule has 6 heterocycles. The lowest BCUT2D eigenvalue weighted by molar-refractivity contribution is -0.140. The van der Waals surface area contributed by atoms with Crippen molar-refractivity contribution in [3.63, 3.8) is 0 Å². The molecular formula is C47H61F2N11O6. The minimum absolute atomic E-state index is 0.0295. The first-order chi connectivity index (χ1) is 31.8. The van der Waals surface area contributed by atoms with E-state index >= 15 is 0 Å². The summed E-state index contributed by atoms with van der Waals surface area (Å²) < 4.78 is 35.5. The van der Waals surface area contributed by atoms with Gasteiger partial charge in [-0.2, -0.15) is 13.8 Å². The third kappa shape index (κ3) is 9.77. The number of carbonyl (C=O) groups is 5. The first-order valence-corrected chi connectivity index (χ1v) is 23.3. The number of nitrogens with zero attached hydrogens (tertiary/aromatic N) is 8. The molecule has 5 aliphatic heterocycles. The van der Waals surface area contributed by atoms with E-state index in [1.807, 2.05) is 11.8 Å². The monoisotopic (exact) mass is 913 g/mol. The summed E-state index contributed by atoms with van der Waals surface area (Å²) in [6.45, 7) is 8.57. The quantitative estimate of drug-likeness (QED) is 0.153. The summed E-state index contributed by atoms with van der Waals surface area (Å²) in [6, 6.07) is 10.8. The largest absolute Gasteiger partial charge is 0.495 e. The summed E-state index contributed by atoms with van der Waals surface area (Å²) in [7, 11) is 2.76. The molecule has 3 atom stereocenters. The number of aromatic nitrogens is 2. The number of nitrogens with one attached hydrogen (secondary N) is 3. The molecule has 3 fully saturated rings. The molecule has 3 unspecified atom stereocenters. The van der Waals surface area contributed by atoms with Gasteiger partial charge < -0.3 is 35.0 Å². The molecule has 1 aromatic heterocycles. The van der Waals surface area contributed by atoms with Gasteiger partial charge in [-0.3, -0.25) is 39.1 Å². The summed E-state index contributed by atoms with van der Waals surface area (Å²) >= 11 is 0. The van der Waals surface area contributed by atoms with Gasteiger partial charge in [0.05, 0.1) is 38.1 Å². The average molecular weight is 914 g/mol. The van der Waals surface area contributed by atoms with Crippen molar-refractivity contribution in [2.75, 3.05) is 93.1 Å². The van der Waals surface area contributed by atoms with Crippen molar-refractivity contribution in [3.8, 4) is 5.75 Å². The van der Waals surface area contributed by atoms with Gasteiger partial charge in [0.25, 0.3) is 11.8 Å². The van der Waals surface area contributed by atoms with Gasteiger partial charge in [-0.1, -0.05) is 38.8 Å². The fraction of sp³-hybridized carbons (Fsp3) is 0.553. The van der Waals surface area contributed by atoms with E-state index in [0.717, 1.165) is 68.9 Å². The van der Waals surface area contributed by atoms with Gasteiger partial charge in [0.2, 0.25) is 23.7 Å². The number of methoxy groups -OCH3 is 1. The maximum Gasteiger partial charge on any atom is 0.342 e. The van der Waals surface area contributed by atoms with Crippen molar-refractivity contribution in [3.05, 3.63) is 59.3 Å². The molecule has 17 nitrogen and oxygen atoms in total. The lowest BCUT2D eigenvalue weighted by Crippen LogP contribution is -2.54. The van der Waals surface area contributed by atoms with Crippen molar-refractivity contribution < 1.29 is 37.5 Å². The zero-order valence-electron chi connectivity index (χ0n) is 38.3. The van der Waals surface area contributed by atoms with Crippen LogP contribution in [0.3, 0.4) is 0 Å². The number of unbranched alkanes of at least 4 members (excludes halogenated alkanes) is 2. The highest BCUT2D eigenvalue weighted by Crippen LogP contribution is 2.43. The highest BCUT2D eigenvalue weighted by molar-refractivity contribution is 6.02. The molecule has 3 aromatic rings. The van der Waals surface area contributed by atoms with Crippen LogP contribution in [-0.2, 0) is 25.7 Å². The molecule has 0 radical (unpaired) electrons. The van der Waals surface area contributed by atoms with Crippen molar-refractivity contribution in [1.82, 2.24) is 35.3 Å². The molecule has 19 heteroatoms. The molecule has 2 aromatic carbocycles. The molecule has 66 heavy (non-hydrogen) atoms. The van der Waals surface area contributed by atoms with Gasteiger partial charge in [0, 0.05) is 89.2 Å². The summed E-state index contributed by atoms with van der Waals surface area (Å²) in [6.07, 6.45) is 6.94. The number of benzene rings is 2. The van der Waals surface area contributed by atoms with Crippen LogP contribution in [0.4, 0.5) is 37.6 Å². The van der Waals surface area contributed by atoms with Gasteiger partial charge in [-0.05, 0) is 67.5 Å². The Morgan fingerprint density at radius 1 is 1.00 bits per heavy atom. The van der Waals surface area contributed by atoms with Gasteiger partial charge in [0.15, 0.2) is 5.82 Å². The number of hydrogen-bond donors (Lipinski definition) is 3. The number of ether oxygens (including phenoxy) is 1. The van der Waals surface area contributed by atoms with Crippen molar-refractivity contribution in [1.29, 1.82) is 0 Å². The van der Waals surface area contributed by atoms with Crippen LogP contribution in [0.15, 0.2) is 42.6 Å². The molecule has 354 valence electrons. The second kappa shape index (κ2) is 19.9. The number of hydrogen-bond acceptors (Lipinski definition) is 13. The first-order valence-electron chi connectivity index (χ1n) is 23.3. The van der Waals surface area contributed by atoms with E-state index in [2.05, 4.69) is 65.7 Å². The Kier molecular flexibility index (Phi) is 14.0. The van der Waals surface area contributed by atoms with Crippen LogP contribution in [-0.4, -0.2) is 145 Å². The molecule has 0 saturated carbocycles. The minimum Gasteiger partial charge on any atom is -0.495 e. The SMILES string of the molecule is CCCCCN1CC(F)(F)C(=O)N(C)c2cnc(Nc3ccc(C(=O)NC4CCCN(C(=O)CN5CCN(c6cccc7c6CN(C6CCC(=O)NC6=O)C7CC)CC5)C4)cc3OC)nc21. The third-order valence-corrected chi connectivity index (χ3v) is 13.6. The molecule has 0 spiro atoms. The molecule has 8 rings (SSSR count). The summed E-state index contributed by atoms with van der Waals surface area (Å²) in [5, 5.41) is 8.74. The zero-order valence-corrected chi connectivity index (χ0v) is 38.3. The van der Waals surface area contributed by atoms with Crippen molar-refractivity contribution >= 4 is 58.4 Å². The maximum absolute atomic E-state index is 15.0. The van der Waals surface area contributed by atoms with E-state index in [1.54, 1.807) is 18.2 Å². The van der Waals surface area contributed by atoms with E-state index < -0.39 is 18.4 Å². The Hall–Kier alpha value is -5.95. The van der Waals surface area contributed by atoms with Crippen LogP contribution in [0.25, 0.3) is 0 Å². The third-order valence-electron chi connectivity index (χ3n) is 13.6. The summed E-state index contributed by atoms with van der Waals surface area (Å²) in [4.78, 5) is 84.6. The number of rotatable bonds is 14. The predicted molar refractivity (Wildman–Crippen MR) is 245 cm³/mol. The fourth-order valence-electron chi connectivity index (χ4n) is 10.1. The minimum atomic E-state index is -3.60. The molecule has 5 aliphatic rings. The average Bonchev–Trinajstić information content (AvgIpc) is 3.67. The lowest BCUT2D eigenvalue weighted by atomic mass is 9.99. The number of piperidine rings is 2. The lowest BCUT2D eigenvalue weighted by Gasteiger charge is -2.38. The Morgan fingerprint density at radius 3 is 2.55 bits per heavy atom. The number of halogens is 2. The molecule has 0 bridgehead atoms. The van der Waals surface area contributed by atoms with Gasteiger partial charge >= 0.3 is 5.92 Å². The molecule has 3 saturated heterocycles. The number of likely N-dealkylation sites (tertiary alicyclic amines) is 1. The summed E-state index contributed by atoms with van der Waals surface area (Å²) in [5.74, 6) is -4.97. The number of carbonyl (C=O) groups excluding carboxylic acids is 5. The predicted octanol–water partition coefficient (Wildman–Crippen LogP) is 4.45. The van der Waals surface area contributed by atoms with Crippen molar-refractivity contribution in [2.45, 2.75) is 95.8 Å². The van der Waals surface area contributed by atoms with Crippen LogP contribution in [0.2, 0.25) is 0 Å². The number of amides is 5. The number of fused-ring (bicyclic) bond motifs is 2. The number of imide groups is 1. The van der Waals surface area contributed by atoms with E-state index in [9.17, 15) is 32.8 Å². The van der Waals surface area contributed by atoms with Crippen LogP contribution in [0.5, 0.6) is 5.75 Å². The number of anilines is 5. The van der Waals surface area contributed by atoms with Gasteiger partial charge in [-0.15, -0.1) is 0 Å². The smallest absolute Gasteiger partial charge is 0.342 e. The molecular weight excluding hydrogens is 853 g/mol. The van der Waals surface area contributed by atoms with Crippen LogP contribution >= 0.6 is 0 Å². The van der Waals surface area contributed by atoms with Crippen LogP contribution in [0.1, 0.15) is 92.7 Å². The van der Waals surface area contributed by atoms with E-state index in [1.165, 1.54) is 36.4 Å².